The summed E-state index contributed by atoms with van der Waals surface area (Å²) in [4.78, 5) is 24.5. The number of amides is 2. The van der Waals surface area contributed by atoms with E-state index in [9.17, 15) is 9.59 Å². The van der Waals surface area contributed by atoms with Crippen molar-refractivity contribution in [3.05, 3.63) is 59.7 Å². The second-order valence-electron chi connectivity index (χ2n) is 6.11. The molecule has 2 N–H and O–H groups in total. The Labute approximate surface area is 135 Å². The fourth-order valence-electron chi connectivity index (χ4n) is 2.67. The van der Waals surface area contributed by atoms with E-state index in [1.54, 1.807) is 0 Å². The monoisotopic (exact) mass is 308 g/mol. The van der Waals surface area contributed by atoms with E-state index < -0.39 is 0 Å². The third-order valence-electron chi connectivity index (χ3n) is 4.15. The molecule has 2 amide bonds. The summed E-state index contributed by atoms with van der Waals surface area (Å²) < 4.78 is 0. The highest BCUT2D eigenvalue weighted by Crippen LogP contribution is 2.40. The molecule has 1 saturated carbocycles. The van der Waals surface area contributed by atoms with Crippen LogP contribution in [0.3, 0.4) is 0 Å². The van der Waals surface area contributed by atoms with Crippen LogP contribution in [0.25, 0.3) is 0 Å². The molecule has 2 aromatic carbocycles. The van der Waals surface area contributed by atoms with Crippen molar-refractivity contribution in [2.75, 3.05) is 10.6 Å². The minimum atomic E-state index is -0.237. The van der Waals surface area contributed by atoms with E-state index in [1.165, 1.54) is 0 Å². The van der Waals surface area contributed by atoms with E-state index in [1.807, 2.05) is 62.4 Å². The number of benzene rings is 2. The molecule has 0 heterocycles. The van der Waals surface area contributed by atoms with Gasteiger partial charge in [-0.3, -0.25) is 9.59 Å². The average Bonchev–Trinajstić information content (AvgIpc) is 3.30. The molecule has 4 nitrogen and oxygen atoms in total. The third-order valence-corrected chi connectivity index (χ3v) is 4.15. The molecular formula is C19H20N2O2. The summed E-state index contributed by atoms with van der Waals surface area (Å²) in [5, 5.41) is 5.80. The molecule has 2 atom stereocenters. The highest BCUT2D eigenvalue weighted by atomic mass is 16.2. The van der Waals surface area contributed by atoms with Crippen LogP contribution in [-0.2, 0) is 9.59 Å². The van der Waals surface area contributed by atoms with Crippen molar-refractivity contribution in [1.29, 1.82) is 0 Å². The van der Waals surface area contributed by atoms with Gasteiger partial charge in [0.2, 0.25) is 11.8 Å². The first kappa shape index (κ1) is 15.3. The smallest absolute Gasteiger partial charge is 0.228 e. The molecule has 2 aromatic rings. The zero-order valence-electron chi connectivity index (χ0n) is 13.3. The molecule has 0 bridgehead atoms. The second-order valence-corrected chi connectivity index (χ2v) is 6.11. The van der Waals surface area contributed by atoms with Crippen LogP contribution in [-0.4, -0.2) is 11.8 Å². The van der Waals surface area contributed by atoms with Crippen LogP contribution in [0.5, 0.6) is 0 Å². The van der Waals surface area contributed by atoms with Crippen molar-refractivity contribution in [1.82, 2.24) is 0 Å². The first-order chi connectivity index (χ1) is 11.0. The van der Waals surface area contributed by atoms with Gasteiger partial charge < -0.3 is 10.6 Å². The Morgan fingerprint density at radius 2 is 1.61 bits per heavy atom. The Hall–Kier alpha value is -2.62. The van der Waals surface area contributed by atoms with Crippen molar-refractivity contribution in [2.24, 2.45) is 11.8 Å². The number of para-hydroxylation sites is 1. The van der Waals surface area contributed by atoms with Gasteiger partial charge in [0, 0.05) is 11.4 Å². The maximum atomic E-state index is 12.3. The second kappa shape index (κ2) is 6.24. The van der Waals surface area contributed by atoms with Crippen LogP contribution in [0.2, 0.25) is 0 Å². The number of anilines is 2. The molecule has 4 heteroatoms. The number of nitrogens with one attached hydrogen (secondary N) is 2. The minimum Gasteiger partial charge on any atom is -0.326 e. The Morgan fingerprint density at radius 1 is 0.913 bits per heavy atom. The van der Waals surface area contributed by atoms with Gasteiger partial charge in [-0.2, -0.15) is 0 Å². The van der Waals surface area contributed by atoms with Gasteiger partial charge in [0.15, 0.2) is 0 Å². The largest absolute Gasteiger partial charge is 0.326 e. The summed E-state index contributed by atoms with van der Waals surface area (Å²) in [6.07, 6.45) is 0.607. The van der Waals surface area contributed by atoms with Gasteiger partial charge in [-0.25, -0.2) is 0 Å². The summed E-state index contributed by atoms with van der Waals surface area (Å²) in [6.45, 7) is 3.93. The maximum Gasteiger partial charge on any atom is 0.228 e. The molecule has 0 saturated heterocycles. The third kappa shape index (κ3) is 3.59. The molecule has 23 heavy (non-hydrogen) atoms. The Balaban J connectivity index is 1.57. The van der Waals surface area contributed by atoms with Crippen molar-refractivity contribution in [3.8, 4) is 0 Å². The number of hydrogen-bond donors (Lipinski definition) is 2. The zero-order valence-corrected chi connectivity index (χ0v) is 13.3. The van der Waals surface area contributed by atoms with E-state index in [2.05, 4.69) is 10.6 Å². The lowest BCUT2D eigenvalue weighted by molar-refractivity contribution is -0.122. The summed E-state index contributed by atoms with van der Waals surface area (Å²) in [6, 6.07) is 15.3. The molecular weight excluding hydrogens is 288 g/mol. The molecule has 3 rings (SSSR count). The van der Waals surface area contributed by atoms with Gasteiger partial charge in [0.25, 0.3) is 0 Å². The normalized spacial score (nSPS) is 19.0. The summed E-state index contributed by atoms with van der Waals surface area (Å²) in [5.74, 6) is -0.636. The van der Waals surface area contributed by atoms with Crippen molar-refractivity contribution >= 4 is 23.2 Å². The molecule has 2 unspecified atom stereocenters. The summed E-state index contributed by atoms with van der Waals surface area (Å²) in [7, 11) is 0. The van der Waals surface area contributed by atoms with E-state index in [0.29, 0.717) is 6.42 Å². The molecule has 1 aliphatic rings. The van der Waals surface area contributed by atoms with Crippen LogP contribution >= 0.6 is 0 Å². The zero-order chi connectivity index (χ0) is 16.4. The van der Waals surface area contributed by atoms with Crippen LogP contribution in [0.1, 0.15) is 17.5 Å². The van der Waals surface area contributed by atoms with Crippen molar-refractivity contribution < 1.29 is 9.59 Å². The summed E-state index contributed by atoms with van der Waals surface area (Å²) >= 11 is 0. The minimum absolute atomic E-state index is 0.0799. The van der Waals surface area contributed by atoms with Gasteiger partial charge in [0.05, 0.1) is 11.8 Å². The first-order valence-corrected chi connectivity index (χ1v) is 7.78. The molecule has 118 valence electrons. The van der Waals surface area contributed by atoms with Crippen molar-refractivity contribution in [2.45, 2.75) is 20.3 Å². The van der Waals surface area contributed by atoms with Crippen molar-refractivity contribution in [3.63, 3.8) is 0 Å². The number of hydrogen-bond acceptors (Lipinski definition) is 2. The molecule has 0 radical (unpaired) electrons. The summed E-state index contributed by atoms with van der Waals surface area (Å²) in [5.41, 5.74) is 3.69. The fourth-order valence-corrected chi connectivity index (χ4v) is 2.67. The lowest BCUT2D eigenvalue weighted by Gasteiger charge is -2.08. The molecule has 0 spiro atoms. The quantitative estimate of drug-likeness (QED) is 0.908. The van der Waals surface area contributed by atoms with Gasteiger partial charge in [-0.05, 0) is 49.6 Å². The van der Waals surface area contributed by atoms with E-state index >= 15 is 0 Å². The molecule has 1 aliphatic carbocycles. The van der Waals surface area contributed by atoms with Crippen LogP contribution in [0, 0.1) is 25.7 Å². The maximum absolute atomic E-state index is 12.3. The van der Waals surface area contributed by atoms with Crippen LogP contribution < -0.4 is 10.6 Å². The molecule has 1 fully saturated rings. The Morgan fingerprint density at radius 3 is 2.30 bits per heavy atom. The van der Waals surface area contributed by atoms with Gasteiger partial charge in [-0.1, -0.05) is 30.3 Å². The Bertz CT molecular complexity index is 755. The molecule has 0 aliphatic heterocycles. The number of carbonyl (C=O) groups excluding carboxylic acids is 2. The van der Waals surface area contributed by atoms with E-state index in [-0.39, 0.29) is 23.7 Å². The topological polar surface area (TPSA) is 58.2 Å². The highest BCUT2D eigenvalue weighted by Gasteiger charge is 2.48. The lowest BCUT2D eigenvalue weighted by atomic mass is 10.2. The van der Waals surface area contributed by atoms with Gasteiger partial charge >= 0.3 is 0 Å². The van der Waals surface area contributed by atoms with Crippen LogP contribution in [0.4, 0.5) is 11.4 Å². The van der Waals surface area contributed by atoms with E-state index in [4.69, 9.17) is 0 Å². The standard InChI is InChI=1S/C19H20N2O2/c1-12-6-5-8-14(10-12)20-18(22)15-11-16(15)19(23)21-17-9-4-3-7-13(17)2/h3-10,15-16H,11H2,1-2H3,(H,20,22)(H,21,23). The first-order valence-electron chi connectivity index (χ1n) is 7.78. The van der Waals surface area contributed by atoms with Crippen LogP contribution in [0.15, 0.2) is 48.5 Å². The highest BCUT2D eigenvalue weighted by molar-refractivity contribution is 6.03. The Kier molecular flexibility index (Phi) is 4.15. The average molecular weight is 308 g/mol. The van der Waals surface area contributed by atoms with E-state index in [0.717, 1.165) is 22.5 Å². The predicted octanol–water partition coefficient (Wildman–Crippen LogP) is 3.52. The SMILES string of the molecule is Cc1cccc(NC(=O)C2CC2C(=O)Nc2ccccc2C)c1. The fraction of sp³-hybridized carbons (Fsp3) is 0.263. The van der Waals surface area contributed by atoms with Gasteiger partial charge in [0.1, 0.15) is 0 Å². The molecule has 0 aromatic heterocycles. The predicted molar refractivity (Wildman–Crippen MR) is 91.2 cm³/mol. The number of carbonyl (C=O) groups is 2. The van der Waals surface area contributed by atoms with Gasteiger partial charge in [-0.15, -0.1) is 0 Å². The number of rotatable bonds is 4. The number of aryl methyl sites for hydroxylation is 2. The lowest BCUT2D eigenvalue weighted by Crippen LogP contribution is -2.20.